The minimum Gasteiger partial charge on any atom is -0.285 e. The predicted octanol–water partition coefficient (Wildman–Crippen LogP) is 4.13. The van der Waals surface area contributed by atoms with Crippen molar-refractivity contribution < 1.29 is 12.8 Å². The summed E-state index contributed by atoms with van der Waals surface area (Å²) in [5.74, 6) is 0.311. The lowest BCUT2D eigenvalue weighted by Crippen LogP contribution is -2.31. The van der Waals surface area contributed by atoms with Crippen LogP contribution in [0.4, 0.5) is 10.1 Å². The molecule has 4 aromatic rings. The standard InChI is InChI=1S/C22H21FN4O2S/c1-3-21-24-25-22-20(5-4-14-26(21)22)30(28,29)27(19-12-6-16(2)7-13-19)15-17-8-10-18(23)11-9-17/h4-14H,3,15H2,1-2H3. The maximum atomic E-state index is 13.8. The fraction of sp³-hybridized carbons (Fsp3) is 0.182. The lowest BCUT2D eigenvalue weighted by molar-refractivity contribution is 0.590. The highest BCUT2D eigenvalue weighted by atomic mass is 32.2. The monoisotopic (exact) mass is 424 g/mol. The number of rotatable bonds is 6. The quantitative estimate of drug-likeness (QED) is 0.467. The second kappa shape index (κ2) is 7.87. The van der Waals surface area contributed by atoms with Crippen molar-refractivity contribution in [3.05, 3.63) is 89.6 Å². The molecule has 0 fully saturated rings. The molecule has 0 bridgehead atoms. The van der Waals surface area contributed by atoms with Crippen molar-refractivity contribution in [3.8, 4) is 0 Å². The molecule has 0 amide bonds. The summed E-state index contributed by atoms with van der Waals surface area (Å²) < 4.78 is 43.9. The van der Waals surface area contributed by atoms with E-state index >= 15 is 0 Å². The van der Waals surface area contributed by atoms with Gasteiger partial charge in [0.1, 0.15) is 16.5 Å². The molecule has 0 spiro atoms. The first kappa shape index (κ1) is 20.0. The number of hydrogen-bond donors (Lipinski definition) is 0. The largest absolute Gasteiger partial charge is 0.285 e. The predicted molar refractivity (Wildman–Crippen MR) is 113 cm³/mol. The fourth-order valence-electron chi connectivity index (χ4n) is 3.28. The molecule has 0 aliphatic carbocycles. The highest BCUT2D eigenvalue weighted by Gasteiger charge is 2.29. The molecule has 0 aliphatic rings. The summed E-state index contributed by atoms with van der Waals surface area (Å²) in [5.41, 5.74) is 2.49. The summed E-state index contributed by atoms with van der Waals surface area (Å²) in [4.78, 5) is 0.0693. The van der Waals surface area contributed by atoms with E-state index in [1.54, 1.807) is 40.9 Å². The van der Waals surface area contributed by atoms with E-state index in [-0.39, 0.29) is 22.9 Å². The van der Waals surface area contributed by atoms with Gasteiger partial charge in [0, 0.05) is 12.6 Å². The number of sulfonamides is 1. The molecule has 0 unspecified atom stereocenters. The van der Waals surface area contributed by atoms with Gasteiger partial charge in [0.15, 0.2) is 5.65 Å². The summed E-state index contributed by atoms with van der Waals surface area (Å²) in [7, 11) is -3.98. The average Bonchev–Trinajstić information content (AvgIpc) is 3.17. The Labute approximate surface area is 174 Å². The molecule has 8 heteroatoms. The van der Waals surface area contributed by atoms with Crippen LogP contribution in [0.2, 0.25) is 0 Å². The number of nitrogens with zero attached hydrogens (tertiary/aromatic N) is 4. The number of fused-ring (bicyclic) bond motifs is 1. The zero-order chi connectivity index (χ0) is 21.3. The van der Waals surface area contributed by atoms with Crippen molar-refractivity contribution in [2.45, 2.75) is 31.7 Å². The molecule has 2 aromatic carbocycles. The van der Waals surface area contributed by atoms with Crippen LogP contribution in [-0.2, 0) is 23.0 Å². The Balaban J connectivity index is 1.86. The molecule has 30 heavy (non-hydrogen) atoms. The Morgan fingerprint density at radius 1 is 1.00 bits per heavy atom. The van der Waals surface area contributed by atoms with Gasteiger partial charge in [-0.25, -0.2) is 12.8 Å². The molecule has 4 rings (SSSR count). The van der Waals surface area contributed by atoms with E-state index in [4.69, 9.17) is 0 Å². The highest BCUT2D eigenvalue weighted by Crippen LogP contribution is 2.28. The lowest BCUT2D eigenvalue weighted by atomic mass is 10.2. The SMILES string of the molecule is CCc1nnc2c(S(=O)(=O)N(Cc3ccc(F)cc3)c3ccc(C)cc3)cccn12. The van der Waals surface area contributed by atoms with Gasteiger partial charge in [-0.3, -0.25) is 8.71 Å². The van der Waals surface area contributed by atoms with Crippen LogP contribution in [-0.4, -0.2) is 23.0 Å². The summed E-state index contributed by atoms with van der Waals surface area (Å²) >= 11 is 0. The number of aromatic nitrogens is 3. The van der Waals surface area contributed by atoms with Crippen molar-refractivity contribution in [3.63, 3.8) is 0 Å². The zero-order valence-electron chi connectivity index (χ0n) is 16.7. The van der Waals surface area contributed by atoms with Gasteiger partial charge in [-0.05, 0) is 48.9 Å². The van der Waals surface area contributed by atoms with E-state index in [0.717, 1.165) is 5.56 Å². The van der Waals surface area contributed by atoms with Crippen LogP contribution in [0.25, 0.3) is 5.65 Å². The zero-order valence-corrected chi connectivity index (χ0v) is 17.5. The molecule has 0 radical (unpaired) electrons. The topological polar surface area (TPSA) is 67.6 Å². The smallest absolute Gasteiger partial charge is 0.268 e. The van der Waals surface area contributed by atoms with Gasteiger partial charge < -0.3 is 0 Å². The normalized spacial score (nSPS) is 11.7. The second-order valence-electron chi connectivity index (χ2n) is 7.01. The van der Waals surface area contributed by atoms with Crippen LogP contribution < -0.4 is 4.31 Å². The first-order valence-electron chi connectivity index (χ1n) is 9.56. The van der Waals surface area contributed by atoms with E-state index in [1.807, 2.05) is 26.0 Å². The number of anilines is 1. The molecule has 154 valence electrons. The summed E-state index contributed by atoms with van der Waals surface area (Å²) in [6.07, 6.45) is 2.38. The molecule has 0 saturated carbocycles. The Bertz CT molecular complexity index is 1280. The van der Waals surface area contributed by atoms with Crippen molar-refractivity contribution in [2.24, 2.45) is 0 Å². The molecule has 2 aromatic heterocycles. The molecular formula is C22H21FN4O2S. The second-order valence-corrected chi connectivity index (χ2v) is 8.84. The van der Waals surface area contributed by atoms with Crippen LogP contribution in [0.1, 0.15) is 23.9 Å². The molecule has 2 heterocycles. The maximum absolute atomic E-state index is 13.8. The van der Waals surface area contributed by atoms with Gasteiger partial charge >= 0.3 is 0 Å². The van der Waals surface area contributed by atoms with Crippen molar-refractivity contribution >= 4 is 21.4 Å². The third-order valence-corrected chi connectivity index (χ3v) is 6.71. The number of benzene rings is 2. The van der Waals surface area contributed by atoms with E-state index in [0.29, 0.717) is 23.5 Å². The minimum absolute atomic E-state index is 0.0570. The van der Waals surface area contributed by atoms with Crippen LogP contribution in [0, 0.1) is 12.7 Å². The van der Waals surface area contributed by atoms with Gasteiger partial charge in [-0.1, -0.05) is 36.8 Å². The van der Waals surface area contributed by atoms with E-state index < -0.39 is 10.0 Å². The summed E-state index contributed by atoms with van der Waals surface area (Å²) in [6, 6.07) is 16.3. The van der Waals surface area contributed by atoms with Crippen molar-refractivity contribution in [1.29, 1.82) is 0 Å². The Kier molecular flexibility index (Phi) is 5.26. The number of pyridine rings is 1. The minimum atomic E-state index is -3.98. The third kappa shape index (κ3) is 3.66. The number of aryl methyl sites for hydroxylation is 2. The molecule has 6 nitrogen and oxygen atoms in total. The van der Waals surface area contributed by atoms with Gasteiger partial charge in [-0.15, -0.1) is 10.2 Å². The Morgan fingerprint density at radius 2 is 1.70 bits per heavy atom. The van der Waals surface area contributed by atoms with Gasteiger partial charge in [0.05, 0.1) is 12.2 Å². The molecular weight excluding hydrogens is 403 g/mol. The summed E-state index contributed by atoms with van der Waals surface area (Å²) in [5, 5.41) is 8.24. The third-order valence-electron chi connectivity index (χ3n) is 4.92. The number of halogens is 1. The maximum Gasteiger partial charge on any atom is 0.268 e. The van der Waals surface area contributed by atoms with E-state index in [9.17, 15) is 12.8 Å². The summed E-state index contributed by atoms with van der Waals surface area (Å²) in [6.45, 7) is 3.93. The molecule has 0 N–H and O–H groups in total. The molecule has 0 saturated heterocycles. The Morgan fingerprint density at radius 3 is 2.37 bits per heavy atom. The van der Waals surface area contributed by atoms with Crippen LogP contribution >= 0.6 is 0 Å². The van der Waals surface area contributed by atoms with Crippen LogP contribution in [0.15, 0.2) is 71.8 Å². The molecule has 0 aliphatic heterocycles. The Hall–Kier alpha value is -3.26. The van der Waals surface area contributed by atoms with E-state index in [1.165, 1.54) is 22.5 Å². The average molecular weight is 425 g/mol. The van der Waals surface area contributed by atoms with E-state index in [2.05, 4.69) is 10.2 Å². The van der Waals surface area contributed by atoms with Crippen LogP contribution in [0.5, 0.6) is 0 Å². The fourth-order valence-corrected chi connectivity index (χ4v) is 4.86. The first-order chi connectivity index (χ1) is 14.4. The van der Waals surface area contributed by atoms with Gasteiger partial charge in [0.25, 0.3) is 10.0 Å². The molecule has 0 atom stereocenters. The van der Waals surface area contributed by atoms with Crippen molar-refractivity contribution in [2.75, 3.05) is 4.31 Å². The first-order valence-corrected chi connectivity index (χ1v) is 11.0. The van der Waals surface area contributed by atoms with Gasteiger partial charge in [-0.2, -0.15) is 0 Å². The lowest BCUT2D eigenvalue weighted by Gasteiger charge is -2.25. The highest BCUT2D eigenvalue weighted by molar-refractivity contribution is 7.93. The number of hydrogen-bond acceptors (Lipinski definition) is 4. The van der Waals surface area contributed by atoms with Crippen molar-refractivity contribution in [1.82, 2.24) is 14.6 Å². The van der Waals surface area contributed by atoms with Crippen LogP contribution in [0.3, 0.4) is 0 Å². The van der Waals surface area contributed by atoms with Gasteiger partial charge in [0.2, 0.25) is 0 Å².